The van der Waals surface area contributed by atoms with Gasteiger partial charge >= 0.3 is 5.97 Å². The van der Waals surface area contributed by atoms with Gasteiger partial charge in [0.25, 0.3) is 0 Å². The Morgan fingerprint density at radius 3 is 2.71 bits per heavy atom. The average Bonchev–Trinajstić information content (AvgIpc) is 2.65. The number of rotatable bonds is 2. The quantitative estimate of drug-likeness (QED) is 0.666. The number of carbonyl (C=O) groups is 1. The number of nitrogens with one attached hydrogen (secondary N) is 1. The molecule has 1 heterocycles. The fourth-order valence-corrected chi connectivity index (χ4v) is 2.13. The van der Waals surface area contributed by atoms with Gasteiger partial charge in [0.15, 0.2) is 0 Å². The van der Waals surface area contributed by atoms with Crippen molar-refractivity contribution in [2.75, 3.05) is 14.2 Å². The van der Waals surface area contributed by atoms with Crippen molar-refractivity contribution in [2.24, 2.45) is 0 Å². The van der Waals surface area contributed by atoms with Crippen LogP contribution in [0, 0.1) is 5.41 Å². The van der Waals surface area contributed by atoms with Crippen molar-refractivity contribution < 1.29 is 30.8 Å². The second-order valence-electron chi connectivity index (χ2n) is 3.03. The van der Waals surface area contributed by atoms with Gasteiger partial charge in [-0.2, -0.15) is 0 Å². The van der Waals surface area contributed by atoms with E-state index >= 15 is 0 Å². The molecule has 94 valence electrons. The minimum Gasteiger partial charge on any atom is -0.496 e. The van der Waals surface area contributed by atoms with Gasteiger partial charge < -0.3 is 19.9 Å². The summed E-state index contributed by atoms with van der Waals surface area (Å²) in [5.74, 6) is -0.0525. The molecule has 0 fully saturated rings. The maximum absolute atomic E-state index is 11.5. The molecule has 17 heavy (non-hydrogen) atoms. The Morgan fingerprint density at radius 1 is 1.41 bits per heavy atom. The predicted molar refractivity (Wildman–Crippen MR) is 58.9 cm³/mol. The Morgan fingerprint density at radius 2 is 2.12 bits per heavy atom. The largest absolute Gasteiger partial charge is 0.496 e. The summed E-state index contributed by atoms with van der Waals surface area (Å²) in [6.45, 7) is 0. The van der Waals surface area contributed by atoms with Crippen LogP contribution in [0.2, 0.25) is 0 Å². The van der Waals surface area contributed by atoms with E-state index in [2.05, 4.69) is 9.72 Å². The first-order valence-corrected chi connectivity index (χ1v) is 5.26. The Labute approximate surface area is 111 Å². The summed E-state index contributed by atoms with van der Waals surface area (Å²) in [6.07, 6.45) is 0. The van der Waals surface area contributed by atoms with E-state index in [0.717, 1.165) is 4.70 Å². The van der Waals surface area contributed by atoms with E-state index in [9.17, 15) is 4.79 Å². The summed E-state index contributed by atoms with van der Waals surface area (Å²) in [6, 6.07) is 3.27. The van der Waals surface area contributed by atoms with E-state index in [-0.39, 0.29) is 21.3 Å². The number of esters is 1. The van der Waals surface area contributed by atoms with Gasteiger partial charge in [0.2, 0.25) is 0 Å². The van der Waals surface area contributed by atoms with Crippen LogP contribution in [0.3, 0.4) is 0 Å². The van der Waals surface area contributed by atoms with Gasteiger partial charge in [-0.25, -0.2) is 4.79 Å². The molecule has 0 aliphatic carbocycles. The third-order valence-electron chi connectivity index (χ3n) is 2.12. The number of ether oxygens (including phenoxy) is 2. The summed E-state index contributed by atoms with van der Waals surface area (Å²) in [7, 11) is 2.79. The maximum Gasteiger partial charge on any atom is 0.341 e. The molecule has 0 radical (unpaired) electrons. The van der Waals surface area contributed by atoms with Crippen LogP contribution in [0.1, 0.15) is 10.4 Å². The molecule has 0 aliphatic rings. The van der Waals surface area contributed by atoms with Gasteiger partial charge in [0, 0.05) is 21.2 Å². The summed E-state index contributed by atoms with van der Waals surface area (Å²) in [5, 5.41) is 7.42. The van der Waals surface area contributed by atoms with E-state index < -0.39 is 5.97 Å². The molecule has 0 unspecified atom stereocenters. The number of nitrogens with zero attached hydrogens (tertiary/aromatic N) is 1. The number of hydrogen-bond donors (Lipinski definition) is 1. The van der Waals surface area contributed by atoms with Crippen molar-refractivity contribution in [1.29, 1.82) is 5.41 Å². The standard InChI is InChI=1S/C10H10N2O3S.Ni/c1-14-7-4-6-8(16-10(11)12-6)3-5(7)9(13)15-2;/h3-4H,1-2H3,(H2,11,12,13);/p-1. The Bertz CT molecular complexity index is 605. The molecule has 0 saturated carbocycles. The molecule has 2 rings (SSSR count). The number of benzene rings is 1. The molecule has 2 aromatic rings. The van der Waals surface area contributed by atoms with Crippen molar-refractivity contribution in [3.8, 4) is 5.75 Å². The first-order valence-electron chi connectivity index (χ1n) is 4.44. The second-order valence-corrected chi connectivity index (χ2v) is 4.06. The number of methoxy groups -OCH3 is 2. The van der Waals surface area contributed by atoms with Crippen LogP contribution in [0.15, 0.2) is 12.1 Å². The zero-order valence-electron chi connectivity index (χ0n) is 9.05. The molecule has 5 nitrogen and oxygen atoms in total. The number of fused-ring (bicyclic) bond motifs is 1. The zero-order chi connectivity index (χ0) is 11.7. The molecule has 0 aliphatic heterocycles. The van der Waals surface area contributed by atoms with Crippen molar-refractivity contribution in [3.05, 3.63) is 22.5 Å². The zero-order valence-corrected chi connectivity index (χ0v) is 10.9. The average molecular weight is 296 g/mol. The minimum absolute atomic E-state index is 0. The molecule has 0 atom stereocenters. The third kappa shape index (κ3) is 2.50. The first kappa shape index (κ1) is 13.7. The SMILES string of the molecule is COC(=O)c1cc2sc(=N)[n-]c2cc1OC.[Ni]. The number of carbonyl (C=O) groups excluding carboxylic acids is 1. The van der Waals surface area contributed by atoms with Crippen molar-refractivity contribution >= 4 is 27.5 Å². The molecule has 0 saturated heterocycles. The molecule has 1 aromatic heterocycles. The molecule has 1 aromatic carbocycles. The smallest absolute Gasteiger partial charge is 0.341 e. The van der Waals surface area contributed by atoms with Gasteiger partial charge in [0.1, 0.15) is 11.3 Å². The molecular formula is C10H9N2NiO3S-. The molecule has 1 N–H and O–H groups in total. The summed E-state index contributed by atoms with van der Waals surface area (Å²) in [5.41, 5.74) is 1.00. The van der Waals surface area contributed by atoms with Crippen LogP contribution in [0.4, 0.5) is 0 Å². The normalized spacial score (nSPS) is 9.76. The maximum atomic E-state index is 11.5. The number of aromatic nitrogens is 1. The van der Waals surface area contributed by atoms with E-state index in [1.54, 1.807) is 12.1 Å². The number of hydrogen-bond acceptors (Lipinski definition) is 5. The van der Waals surface area contributed by atoms with Crippen LogP contribution >= 0.6 is 11.3 Å². The molecule has 0 spiro atoms. The molecule has 7 heteroatoms. The third-order valence-corrected chi connectivity index (χ3v) is 2.95. The van der Waals surface area contributed by atoms with Crippen LogP contribution in [-0.2, 0) is 21.2 Å². The van der Waals surface area contributed by atoms with Crippen molar-refractivity contribution in [3.63, 3.8) is 0 Å². The summed E-state index contributed by atoms with van der Waals surface area (Å²) < 4.78 is 10.5. The van der Waals surface area contributed by atoms with Gasteiger partial charge in [-0.05, 0) is 22.5 Å². The Balaban J connectivity index is 0.00000144. The van der Waals surface area contributed by atoms with Gasteiger partial charge in [-0.1, -0.05) is 0 Å². The Hall–Kier alpha value is -1.33. The molecular weight excluding hydrogens is 287 g/mol. The second kappa shape index (κ2) is 5.34. The predicted octanol–water partition coefficient (Wildman–Crippen LogP) is 1.13. The van der Waals surface area contributed by atoms with Crippen molar-refractivity contribution in [2.45, 2.75) is 0 Å². The fourth-order valence-electron chi connectivity index (χ4n) is 1.39. The van der Waals surface area contributed by atoms with E-state index in [1.807, 2.05) is 0 Å². The summed E-state index contributed by atoms with van der Waals surface area (Å²) >= 11 is 1.21. The first-order chi connectivity index (χ1) is 7.65. The van der Waals surface area contributed by atoms with Gasteiger partial charge in [0.05, 0.1) is 14.2 Å². The monoisotopic (exact) mass is 295 g/mol. The molecule has 0 amide bonds. The fraction of sp³-hybridized carbons (Fsp3) is 0.200. The van der Waals surface area contributed by atoms with Crippen molar-refractivity contribution in [1.82, 2.24) is 4.98 Å². The minimum atomic E-state index is -0.460. The van der Waals surface area contributed by atoms with E-state index in [1.165, 1.54) is 25.6 Å². The van der Waals surface area contributed by atoms with Crippen LogP contribution in [-0.4, -0.2) is 20.2 Å². The van der Waals surface area contributed by atoms with E-state index in [4.69, 9.17) is 10.1 Å². The topological polar surface area (TPSA) is 73.5 Å². The van der Waals surface area contributed by atoms with Gasteiger partial charge in [-0.15, -0.1) is 11.3 Å². The van der Waals surface area contributed by atoms with Gasteiger partial charge in [-0.3, -0.25) is 0 Å². The molecule has 0 bridgehead atoms. The van der Waals surface area contributed by atoms with Crippen LogP contribution < -0.4 is 14.5 Å². The van der Waals surface area contributed by atoms with E-state index in [0.29, 0.717) is 16.8 Å². The van der Waals surface area contributed by atoms with Crippen LogP contribution in [0.5, 0.6) is 5.75 Å². The summed E-state index contributed by atoms with van der Waals surface area (Å²) in [4.78, 5) is 15.7. The van der Waals surface area contributed by atoms with Crippen LogP contribution in [0.25, 0.3) is 10.2 Å². The number of thiazole rings is 1. The Kier molecular flexibility index (Phi) is 4.31.